The van der Waals surface area contributed by atoms with E-state index in [1.165, 1.54) is 10.4 Å². The molecule has 1 heterocycles. The molecule has 5 heteroatoms. The van der Waals surface area contributed by atoms with Crippen molar-refractivity contribution in [2.45, 2.75) is 50.8 Å². The standard InChI is InChI=1S/C28H33NO3Si/c1-28(2,3)33(24-10-6-4-7-11-24,25-12-8-5-9-13-25)32-23-18-19-29-26(20-23)21-14-16-22(17-15-21)27(30)31/h4-17,23,26,29H,18-20H2,1-3H3,(H,30,31). The molecule has 3 aromatic rings. The van der Waals surface area contributed by atoms with Gasteiger partial charge in [0.05, 0.1) is 5.56 Å². The first-order chi connectivity index (χ1) is 15.8. The summed E-state index contributed by atoms with van der Waals surface area (Å²) < 4.78 is 7.33. The van der Waals surface area contributed by atoms with Crippen LogP contribution in [0, 0.1) is 0 Å². The third kappa shape index (κ3) is 4.81. The molecule has 1 fully saturated rings. The Kier molecular flexibility index (Phi) is 6.84. The van der Waals surface area contributed by atoms with Gasteiger partial charge in [0.25, 0.3) is 8.32 Å². The van der Waals surface area contributed by atoms with E-state index in [0.29, 0.717) is 5.56 Å². The van der Waals surface area contributed by atoms with Gasteiger partial charge < -0.3 is 14.8 Å². The minimum atomic E-state index is -2.60. The van der Waals surface area contributed by atoms with Gasteiger partial charge in [-0.25, -0.2) is 4.79 Å². The molecule has 33 heavy (non-hydrogen) atoms. The lowest BCUT2D eigenvalue weighted by molar-refractivity contribution is 0.0696. The van der Waals surface area contributed by atoms with Gasteiger partial charge in [0.1, 0.15) is 0 Å². The fourth-order valence-corrected chi connectivity index (χ4v) is 9.77. The Balaban J connectivity index is 1.68. The van der Waals surface area contributed by atoms with Crippen LogP contribution in [0.25, 0.3) is 0 Å². The number of rotatable bonds is 6. The van der Waals surface area contributed by atoms with Crippen LogP contribution in [0.4, 0.5) is 0 Å². The van der Waals surface area contributed by atoms with Crippen molar-refractivity contribution < 1.29 is 14.3 Å². The molecule has 4 nitrogen and oxygen atoms in total. The zero-order chi connectivity index (χ0) is 23.5. The summed E-state index contributed by atoms with van der Waals surface area (Å²) in [7, 11) is -2.60. The number of hydrogen-bond donors (Lipinski definition) is 2. The smallest absolute Gasteiger partial charge is 0.335 e. The second-order valence-electron chi connectivity index (χ2n) is 9.86. The summed E-state index contributed by atoms with van der Waals surface area (Å²) in [6.45, 7) is 7.79. The molecular formula is C28H33NO3Si. The molecular weight excluding hydrogens is 426 g/mol. The van der Waals surface area contributed by atoms with E-state index < -0.39 is 14.3 Å². The quantitative estimate of drug-likeness (QED) is 0.522. The summed E-state index contributed by atoms with van der Waals surface area (Å²) in [6.07, 6.45) is 1.92. The molecule has 172 valence electrons. The van der Waals surface area contributed by atoms with Crippen LogP contribution < -0.4 is 15.7 Å². The lowest BCUT2D eigenvalue weighted by atomic mass is 9.95. The van der Waals surface area contributed by atoms with E-state index in [9.17, 15) is 9.90 Å². The Hall–Kier alpha value is -2.73. The van der Waals surface area contributed by atoms with Gasteiger partial charge >= 0.3 is 5.97 Å². The highest BCUT2D eigenvalue weighted by atomic mass is 28.4. The van der Waals surface area contributed by atoms with Crippen LogP contribution in [0.1, 0.15) is 55.6 Å². The van der Waals surface area contributed by atoms with Crippen LogP contribution in [-0.2, 0) is 4.43 Å². The van der Waals surface area contributed by atoms with Crippen molar-refractivity contribution in [1.82, 2.24) is 5.32 Å². The van der Waals surface area contributed by atoms with Gasteiger partial charge in [0.2, 0.25) is 0 Å². The molecule has 0 amide bonds. The Morgan fingerprint density at radius 1 is 0.909 bits per heavy atom. The molecule has 2 unspecified atom stereocenters. The number of nitrogens with one attached hydrogen (secondary N) is 1. The maximum absolute atomic E-state index is 11.2. The van der Waals surface area contributed by atoms with Crippen LogP contribution >= 0.6 is 0 Å². The molecule has 1 saturated heterocycles. The molecule has 0 aromatic heterocycles. The summed E-state index contributed by atoms with van der Waals surface area (Å²) in [4.78, 5) is 11.2. The lowest BCUT2D eigenvalue weighted by Gasteiger charge is -2.46. The maximum atomic E-state index is 11.2. The first-order valence-corrected chi connectivity index (χ1v) is 13.6. The summed E-state index contributed by atoms with van der Waals surface area (Å²) in [5.74, 6) is -0.897. The second-order valence-corrected chi connectivity index (χ2v) is 14.1. The van der Waals surface area contributed by atoms with Gasteiger partial charge in [0.15, 0.2) is 0 Å². The van der Waals surface area contributed by atoms with Crippen LogP contribution in [0.5, 0.6) is 0 Å². The molecule has 0 saturated carbocycles. The normalized spacial score (nSPS) is 19.2. The van der Waals surface area contributed by atoms with Gasteiger partial charge in [-0.3, -0.25) is 0 Å². The predicted molar refractivity (Wildman–Crippen MR) is 136 cm³/mol. The first-order valence-electron chi connectivity index (χ1n) is 11.7. The first kappa shape index (κ1) is 23.4. The van der Waals surface area contributed by atoms with E-state index >= 15 is 0 Å². The molecule has 1 aliphatic rings. The molecule has 0 spiro atoms. The molecule has 0 bridgehead atoms. The molecule has 0 aliphatic carbocycles. The van der Waals surface area contributed by atoms with Gasteiger partial charge in [-0.05, 0) is 52.5 Å². The van der Waals surface area contributed by atoms with Crippen LogP contribution in [0.2, 0.25) is 5.04 Å². The summed E-state index contributed by atoms with van der Waals surface area (Å²) in [5, 5.41) is 15.4. The van der Waals surface area contributed by atoms with Crippen molar-refractivity contribution in [1.29, 1.82) is 0 Å². The Bertz CT molecular complexity index is 1020. The number of aromatic carboxylic acids is 1. The molecule has 2 atom stereocenters. The minimum Gasteiger partial charge on any atom is -0.478 e. The van der Waals surface area contributed by atoms with Crippen molar-refractivity contribution in [3.63, 3.8) is 0 Å². The molecule has 3 aromatic carbocycles. The lowest BCUT2D eigenvalue weighted by Crippen LogP contribution is -2.68. The number of carbonyl (C=O) groups is 1. The van der Waals surface area contributed by atoms with Crippen LogP contribution in [0.3, 0.4) is 0 Å². The number of carboxylic acid groups (broad SMARTS) is 1. The Morgan fingerprint density at radius 3 is 1.94 bits per heavy atom. The summed E-state index contributed by atoms with van der Waals surface area (Å²) in [5.41, 5.74) is 1.42. The number of piperidine rings is 1. The highest BCUT2D eigenvalue weighted by molar-refractivity contribution is 6.99. The highest BCUT2D eigenvalue weighted by Crippen LogP contribution is 2.39. The minimum absolute atomic E-state index is 0.0563. The fourth-order valence-electron chi connectivity index (χ4n) is 5.04. The average Bonchev–Trinajstić information content (AvgIpc) is 2.83. The van der Waals surface area contributed by atoms with Crippen LogP contribution in [-0.4, -0.2) is 32.0 Å². The highest BCUT2D eigenvalue weighted by Gasteiger charge is 2.51. The predicted octanol–water partition coefficient (Wildman–Crippen LogP) is 4.75. The van der Waals surface area contributed by atoms with Gasteiger partial charge in [0, 0.05) is 12.1 Å². The van der Waals surface area contributed by atoms with Crippen molar-refractivity contribution in [2.75, 3.05) is 6.54 Å². The van der Waals surface area contributed by atoms with E-state index in [1.807, 2.05) is 12.1 Å². The number of benzene rings is 3. The van der Waals surface area contributed by atoms with E-state index in [0.717, 1.165) is 24.9 Å². The molecule has 2 N–H and O–H groups in total. The molecule has 0 radical (unpaired) electrons. The van der Waals surface area contributed by atoms with E-state index in [-0.39, 0.29) is 17.2 Å². The van der Waals surface area contributed by atoms with E-state index in [2.05, 4.69) is 86.8 Å². The van der Waals surface area contributed by atoms with Gasteiger partial charge in [-0.1, -0.05) is 93.6 Å². The fraction of sp³-hybridized carbons (Fsp3) is 0.321. The van der Waals surface area contributed by atoms with Crippen molar-refractivity contribution in [2.24, 2.45) is 0 Å². The van der Waals surface area contributed by atoms with E-state index in [4.69, 9.17) is 4.43 Å². The Labute approximate surface area is 197 Å². The topological polar surface area (TPSA) is 58.6 Å². The van der Waals surface area contributed by atoms with Crippen LogP contribution in [0.15, 0.2) is 84.9 Å². The SMILES string of the molecule is CC(C)(C)[Si](OC1CCNC(c2ccc(C(=O)O)cc2)C1)(c1ccccc1)c1ccccc1. The van der Waals surface area contributed by atoms with Crippen molar-refractivity contribution >= 4 is 24.7 Å². The zero-order valence-corrected chi connectivity index (χ0v) is 20.6. The van der Waals surface area contributed by atoms with Gasteiger partial charge in [-0.15, -0.1) is 0 Å². The monoisotopic (exact) mass is 459 g/mol. The maximum Gasteiger partial charge on any atom is 0.335 e. The number of hydrogen-bond acceptors (Lipinski definition) is 3. The second kappa shape index (κ2) is 9.63. The van der Waals surface area contributed by atoms with Crippen molar-refractivity contribution in [3.8, 4) is 0 Å². The average molecular weight is 460 g/mol. The van der Waals surface area contributed by atoms with Gasteiger partial charge in [-0.2, -0.15) is 0 Å². The third-order valence-electron chi connectivity index (χ3n) is 6.68. The Morgan fingerprint density at radius 2 is 1.45 bits per heavy atom. The van der Waals surface area contributed by atoms with Crippen molar-refractivity contribution in [3.05, 3.63) is 96.1 Å². The number of carboxylic acids is 1. The molecule has 1 aliphatic heterocycles. The third-order valence-corrected chi connectivity index (χ3v) is 11.8. The summed E-state index contributed by atoms with van der Waals surface area (Å²) >= 11 is 0. The largest absolute Gasteiger partial charge is 0.478 e. The zero-order valence-electron chi connectivity index (χ0n) is 19.6. The summed E-state index contributed by atoms with van der Waals surface area (Å²) in [6, 6.07) is 28.9. The van der Waals surface area contributed by atoms with E-state index in [1.54, 1.807) is 12.1 Å². The molecule has 4 rings (SSSR count).